The summed E-state index contributed by atoms with van der Waals surface area (Å²) >= 11 is 3.45. The number of nitrogens with zero attached hydrogens (tertiary/aromatic N) is 2. The van der Waals surface area contributed by atoms with Gasteiger partial charge in [-0.05, 0) is 49.7 Å². The second-order valence-corrected chi connectivity index (χ2v) is 7.97. The molecule has 2 aromatic carbocycles. The lowest BCUT2D eigenvalue weighted by Gasteiger charge is -2.41. The van der Waals surface area contributed by atoms with Gasteiger partial charge in [0.2, 0.25) is 0 Å². The third kappa shape index (κ3) is 4.10. The van der Waals surface area contributed by atoms with Gasteiger partial charge in [0.15, 0.2) is 5.78 Å². The Bertz CT molecular complexity index is 1150. The highest BCUT2D eigenvalue weighted by atomic mass is 79.9. The van der Waals surface area contributed by atoms with Crippen molar-refractivity contribution in [2.24, 2.45) is 0 Å². The lowest BCUT2D eigenvalue weighted by Crippen LogP contribution is -2.48. The maximum atomic E-state index is 13.3. The molecular weight excluding hydrogens is 473 g/mol. The van der Waals surface area contributed by atoms with E-state index >= 15 is 0 Å². The zero-order chi connectivity index (χ0) is 23.1. The van der Waals surface area contributed by atoms with Gasteiger partial charge in [-0.25, -0.2) is 4.79 Å². The van der Waals surface area contributed by atoms with Crippen molar-refractivity contribution in [1.82, 2.24) is 4.90 Å². The number of halogens is 4. The molecule has 1 aliphatic heterocycles. The zero-order valence-corrected chi connectivity index (χ0v) is 18.5. The molecule has 0 bridgehead atoms. The Hall–Kier alpha value is -3.05. The van der Waals surface area contributed by atoms with E-state index in [1.165, 1.54) is 31.0 Å². The SMILES string of the molecule is C#Cc1ccc(C2C(C(C)=O)=C(C)N(c3cccc(C(F)(F)F)c3)C(=O)N2C)c(Br)c1. The number of amides is 2. The third-order valence-electron chi connectivity index (χ3n) is 5.15. The Morgan fingerprint density at radius 1 is 1.19 bits per heavy atom. The molecule has 0 saturated carbocycles. The standard InChI is InChI=1S/C23H18BrF3N2O2/c1-5-15-9-10-18(19(24)11-15)21-20(14(3)30)13(2)29(22(31)28(21)4)17-8-6-7-16(12-17)23(25,26)27/h1,6-12,21H,2-4H3. The minimum Gasteiger partial charge on any atom is -0.316 e. The first kappa shape index (κ1) is 22.6. The summed E-state index contributed by atoms with van der Waals surface area (Å²) in [6.45, 7) is 2.92. The second kappa shape index (κ2) is 8.23. The van der Waals surface area contributed by atoms with Crippen LogP contribution in [0, 0.1) is 12.3 Å². The number of ketones is 1. The highest BCUT2D eigenvalue weighted by molar-refractivity contribution is 9.10. The summed E-state index contributed by atoms with van der Waals surface area (Å²) in [7, 11) is 1.50. The first-order chi connectivity index (χ1) is 14.5. The first-order valence-electron chi connectivity index (χ1n) is 9.19. The Morgan fingerprint density at radius 3 is 2.42 bits per heavy atom. The van der Waals surface area contributed by atoms with Gasteiger partial charge in [0.25, 0.3) is 0 Å². The van der Waals surface area contributed by atoms with Gasteiger partial charge in [0.1, 0.15) is 0 Å². The number of benzene rings is 2. The fraction of sp³-hybridized carbons (Fsp3) is 0.217. The molecule has 2 amide bonds. The van der Waals surface area contributed by atoms with Crippen molar-refractivity contribution in [1.29, 1.82) is 0 Å². The first-order valence-corrected chi connectivity index (χ1v) is 9.98. The molecule has 3 rings (SSSR count). The molecule has 0 fully saturated rings. The fourth-order valence-corrected chi connectivity index (χ4v) is 4.29. The van der Waals surface area contributed by atoms with E-state index in [9.17, 15) is 22.8 Å². The van der Waals surface area contributed by atoms with Gasteiger partial charge < -0.3 is 4.90 Å². The molecule has 0 saturated heterocycles. The van der Waals surface area contributed by atoms with Crippen LogP contribution in [0.1, 0.15) is 36.6 Å². The van der Waals surface area contributed by atoms with Crippen LogP contribution < -0.4 is 4.90 Å². The van der Waals surface area contributed by atoms with Crippen molar-refractivity contribution >= 4 is 33.4 Å². The summed E-state index contributed by atoms with van der Waals surface area (Å²) in [6.07, 6.45) is 0.872. The molecule has 1 atom stereocenters. The van der Waals surface area contributed by atoms with E-state index < -0.39 is 23.8 Å². The van der Waals surface area contributed by atoms with Crippen LogP contribution in [-0.4, -0.2) is 23.8 Å². The Balaban J connectivity index is 2.21. The summed E-state index contributed by atoms with van der Waals surface area (Å²) in [5, 5.41) is 0. The number of anilines is 1. The minimum atomic E-state index is -4.56. The molecule has 0 aromatic heterocycles. The van der Waals surface area contributed by atoms with Crippen molar-refractivity contribution in [3.05, 3.63) is 74.9 Å². The number of alkyl halides is 3. The van der Waals surface area contributed by atoms with Gasteiger partial charge in [-0.3, -0.25) is 9.69 Å². The van der Waals surface area contributed by atoms with Crippen molar-refractivity contribution < 1.29 is 22.8 Å². The molecular formula is C23H18BrF3N2O2. The van der Waals surface area contributed by atoms with Crippen LogP contribution in [-0.2, 0) is 11.0 Å². The summed E-state index contributed by atoms with van der Waals surface area (Å²) in [6, 6.07) is 8.31. The maximum Gasteiger partial charge on any atom is 0.416 e. The molecule has 8 heteroatoms. The van der Waals surface area contributed by atoms with Crippen LogP contribution >= 0.6 is 15.9 Å². The van der Waals surface area contributed by atoms with Crippen molar-refractivity contribution in [2.75, 3.05) is 11.9 Å². The second-order valence-electron chi connectivity index (χ2n) is 7.12. The molecule has 0 N–H and O–H groups in total. The molecule has 31 heavy (non-hydrogen) atoms. The normalized spacial score (nSPS) is 17.1. The zero-order valence-electron chi connectivity index (χ0n) is 16.9. The molecule has 4 nitrogen and oxygen atoms in total. The van der Waals surface area contributed by atoms with Gasteiger partial charge in [-0.1, -0.05) is 34.0 Å². The van der Waals surface area contributed by atoms with E-state index in [0.717, 1.165) is 17.0 Å². The molecule has 0 radical (unpaired) electrons. The average molecular weight is 491 g/mol. The van der Waals surface area contributed by atoms with Crippen molar-refractivity contribution in [2.45, 2.75) is 26.1 Å². The molecule has 1 aliphatic rings. The number of urea groups is 1. The molecule has 1 heterocycles. The van der Waals surface area contributed by atoms with E-state index in [4.69, 9.17) is 6.42 Å². The molecule has 0 spiro atoms. The van der Waals surface area contributed by atoms with Crippen molar-refractivity contribution in [3.8, 4) is 12.3 Å². The number of hydrogen-bond donors (Lipinski definition) is 0. The van der Waals surface area contributed by atoms with Gasteiger partial charge in [0, 0.05) is 28.4 Å². The lowest BCUT2D eigenvalue weighted by atomic mass is 9.90. The Morgan fingerprint density at radius 2 is 1.87 bits per heavy atom. The summed E-state index contributed by atoms with van der Waals surface area (Å²) in [5.41, 5.74) is 0.983. The van der Waals surface area contributed by atoms with E-state index in [0.29, 0.717) is 21.2 Å². The molecule has 160 valence electrons. The van der Waals surface area contributed by atoms with Gasteiger partial charge in [-0.15, -0.1) is 6.42 Å². The Kier molecular flexibility index (Phi) is 6.01. The third-order valence-corrected chi connectivity index (χ3v) is 5.84. The number of carbonyl (C=O) groups excluding carboxylic acids is 2. The number of allylic oxidation sites excluding steroid dienone is 1. The molecule has 0 aliphatic carbocycles. The number of rotatable bonds is 3. The van der Waals surface area contributed by atoms with E-state index in [-0.39, 0.29) is 17.2 Å². The summed E-state index contributed by atoms with van der Waals surface area (Å²) < 4.78 is 40.2. The average Bonchev–Trinajstić information content (AvgIpc) is 2.70. The van der Waals surface area contributed by atoms with Crippen LogP contribution in [0.25, 0.3) is 0 Å². The molecule has 2 aromatic rings. The van der Waals surface area contributed by atoms with Crippen LogP contribution in [0.5, 0.6) is 0 Å². The van der Waals surface area contributed by atoms with Gasteiger partial charge in [0.05, 0.1) is 17.3 Å². The number of Topliss-reactive ketones (excluding diaryl/α,β-unsaturated/α-hetero) is 1. The predicted octanol–water partition coefficient (Wildman–Crippen LogP) is 5.93. The van der Waals surface area contributed by atoms with E-state index in [1.807, 2.05) is 0 Å². The Labute approximate surface area is 186 Å². The molecule has 1 unspecified atom stereocenters. The van der Waals surface area contributed by atoms with E-state index in [1.54, 1.807) is 25.1 Å². The number of hydrogen-bond acceptors (Lipinski definition) is 2. The topological polar surface area (TPSA) is 40.6 Å². The summed E-state index contributed by atoms with van der Waals surface area (Å²) in [4.78, 5) is 28.4. The van der Waals surface area contributed by atoms with Gasteiger partial charge in [-0.2, -0.15) is 13.2 Å². The van der Waals surface area contributed by atoms with Crippen LogP contribution in [0.2, 0.25) is 0 Å². The largest absolute Gasteiger partial charge is 0.416 e. The van der Waals surface area contributed by atoms with Crippen LogP contribution in [0.4, 0.5) is 23.7 Å². The minimum absolute atomic E-state index is 0.0307. The highest BCUT2D eigenvalue weighted by Gasteiger charge is 2.40. The predicted molar refractivity (Wildman–Crippen MR) is 115 cm³/mol. The van der Waals surface area contributed by atoms with Crippen molar-refractivity contribution in [3.63, 3.8) is 0 Å². The highest BCUT2D eigenvalue weighted by Crippen LogP contribution is 2.42. The van der Waals surface area contributed by atoms with Gasteiger partial charge >= 0.3 is 12.2 Å². The van der Waals surface area contributed by atoms with Crippen LogP contribution in [0.15, 0.2) is 58.2 Å². The number of terminal acetylenes is 1. The quantitative estimate of drug-likeness (QED) is 0.500. The number of likely N-dealkylation sites (N-methyl/N-ethyl adjacent to an activating group) is 1. The monoisotopic (exact) mass is 490 g/mol. The lowest BCUT2D eigenvalue weighted by molar-refractivity contribution is -0.137. The fourth-order valence-electron chi connectivity index (χ4n) is 3.70. The summed E-state index contributed by atoms with van der Waals surface area (Å²) in [5.74, 6) is 2.22. The maximum absolute atomic E-state index is 13.3. The van der Waals surface area contributed by atoms with Crippen LogP contribution in [0.3, 0.4) is 0 Å². The smallest absolute Gasteiger partial charge is 0.316 e. The number of carbonyl (C=O) groups is 2. The van der Waals surface area contributed by atoms with E-state index in [2.05, 4.69) is 21.9 Å².